The molecule has 190 valence electrons. The van der Waals surface area contributed by atoms with Crippen LogP contribution in [0.2, 0.25) is 0 Å². The molecule has 0 bridgehead atoms. The Morgan fingerprint density at radius 2 is 1.02 bits per heavy atom. The number of aromatic nitrogens is 2. The number of fused-ring (bicyclic) bond motifs is 10. The van der Waals surface area contributed by atoms with Crippen molar-refractivity contribution >= 4 is 65.3 Å². The average Bonchev–Trinajstić information content (AvgIpc) is 3.43. The van der Waals surface area contributed by atoms with Crippen LogP contribution in [0, 0.1) is 0 Å². The van der Waals surface area contributed by atoms with Crippen LogP contribution in [0.15, 0.2) is 138 Å². The van der Waals surface area contributed by atoms with Crippen LogP contribution in [0.3, 0.4) is 0 Å². The number of hydrogen-bond acceptors (Lipinski definition) is 3. The maximum absolute atomic E-state index is 6.28. The molecule has 0 saturated heterocycles. The fourth-order valence-corrected chi connectivity index (χ4v) is 6.39. The van der Waals surface area contributed by atoms with E-state index >= 15 is 0 Å². The summed E-state index contributed by atoms with van der Waals surface area (Å²) in [6.07, 6.45) is 0. The van der Waals surface area contributed by atoms with Crippen LogP contribution in [-0.2, 0) is 0 Å². The highest BCUT2D eigenvalue weighted by molar-refractivity contribution is 6.28. The maximum Gasteiger partial charge on any atom is 0.136 e. The van der Waals surface area contributed by atoms with Gasteiger partial charge in [0.25, 0.3) is 0 Å². The van der Waals surface area contributed by atoms with Crippen molar-refractivity contribution in [3.63, 3.8) is 0 Å². The van der Waals surface area contributed by atoms with Crippen LogP contribution in [0.4, 0.5) is 0 Å². The zero-order valence-corrected chi connectivity index (χ0v) is 22.0. The van der Waals surface area contributed by atoms with Crippen molar-refractivity contribution in [3.05, 3.63) is 133 Å². The van der Waals surface area contributed by atoms with Crippen molar-refractivity contribution in [2.75, 3.05) is 0 Å². The Hall–Kier alpha value is -5.54. The normalized spacial score (nSPS) is 11.9. The summed E-state index contributed by atoms with van der Waals surface area (Å²) < 4.78 is 6.28. The van der Waals surface area contributed by atoms with Crippen molar-refractivity contribution in [3.8, 4) is 22.5 Å². The highest BCUT2D eigenvalue weighted by atomic mass is 16.3. The zero-order chi connectivity index (χ0) is 26.9. The summed E-state index contributed by atoms with van der Waals surface area (Å²) in [4.78, 5) is 10.4. The van der Waals surface area contributed by atoms with Gasteiger partial charge in [0, 0.05) is 48.8 Å². The van der Waals surface area contributed by atoms with E-state index in [1.807, 2.05) is 18.2 Å². The monoisotopic (exact) mass is 522 g/mol. The Kier molecular flexibility index (Phi) is 4.61. The lowest BCUT2D eigenvalue weighted by Crippen LogP contribution is -1.93. The Labute approximate surface area is 235 Å². The second-order valence-electron chi connectivity index (χ2n) is 10.5. The number of pyridine rings is 2. The lowest BCUT2D eigenvalue weighted by atomic mass is 9.94. The molecule has 0 fully saturated rings. The third kappa shape index (κ3) is 3.26. The predicted molar refractivity (Wildman–Crippen MR) is 170 cm³/mol. The smallest absolute Gasteiger partial charge is 0.136 e. The van der Waals surface area contributed by atoms with Gasteiger partial charge in [0.2, 0.25) is 0 Å². The molecule has 6 aromatic carbocycles. The van der Waals surface area contributed by atoms with Gasteiger partial charge in [0.05, 0.1) is 22.4 Å². The summed E-state index contributed by atoms with van der Waals surface area (Å²) in [5, 5.41) is 9.13. The Morgan fingerprint density at radius 1 is 0.366 bits per heavy atom. The molecule has 0 amide bonds. The molecule has 0 spiro atoms. The van der Waals surface area contributed by atoms with Crippen LogP contribution in [0.25, 0.3) is 87.8 Å². The zero-order valence-electron chi connectivity index (χ0n) is 22.0. The molecule has 0 atom stereocenters. The molecule has 3 aromatic heterocycles. The summed E-state index contributed by atoms with van der Waals surface area (Å²) in [5.74, 6) is 0. The molecule has 41 heavy (non-hydrogen) atoms. The number of benzene rings is 6. The molecule has 0 radical (unpaired) electrons. The first-order chi connectivity index (χ1) is 20.3. The fourth-order valence-electron chi connectivity index (χ4n) is 6.39. The van der Waals surface area contributed by atoms with E-state index < -0.39 is 0 Å². The number of furan rings is 1. The number of para-hydroxylation sites is 2. The first-order valence-electron chi connectivity index (χ1n) is 13.8. The maximum atomic E-state index is 6.28. The van der Waals surface area contributed by atoms with E-state index in [2.05, 4.69) is 115 Å². The summed E-state index contributed by atoms with van der Waals surface area (Å²) in [7, 11) is 0. The molecule has 0 N–H and O–H groups in total. The van der Waals surface area contributed by atoms with Gasteiger partial charge in [0.15, 0.2) is 0 Å². The third-order valence-corrected chi connectivity index (χ3v) is 8.23. The van der Waals surface area contributed by atoms with E-state index in [1.165, 1.54) is 10.8 Å². The lowest BCUT2D eigenvalue weighted by molar-refractivity contribution is 0.669. The summed E-state index contributed by atoms with van der Waals surface area (Å²) in [5.41, 5.74) is 7.88. The fraction of sp³-hybridized carbons (Fsp3) is 0. The molecular weight excluding hydrogens is 500 g/mol. The molecule has 9 rings (SSSR count). The van der Waals surface area contributed by atoms with Crippen molar-refractivity contribution < 1.29 is 4.42 Å². The molecule has 3 nitrogen and oxygen atoms in total. The second-order valence-corrected chi connectivity index (χ2v) is 10.5. The molecule has 0 aliphatic carbocycles. The Morgan fingerprint density at radius 3 is 1.88 bits per heavy atom. The highest BCUT2D eigenvalue weighted by Gasteiger charge is 2.18. The van der Waals surface area contributed by atoms with Gasteiger partial charge in [-0.05, 0) is 41.8 Å². The number of hydrogen-bond donors (Lipinski definition) is 0. The summed E-state index contributed by atoms with van der Waals surface area (Å²) in [6, 6.07) is 46.5. The highest BCUT2D eigenvalue weighted by Crippen LogP contribution is 2.42. The average molecular weight is 523 g/mol. The van der Waals surface area contributed by atoms with Gasteiger partial charge >= 0.3 is 0 Å². The Bertz CT molecular complexity index is 2470. The Balaban J connectivity index is 1.38. The molecule has 0 aliphatic rings. The third-order valence-electron chi connectivity index (χ3n) is 8.23. The molecular formula is C38H22N2O. The molecule has 9 aromatic rings. The minimum Gasteiger partial charge on any atom is -0.456 e. The van der Waals surface area contributed by atoms with E-state index in [0.29, 0.717) is 0 Å². The van der Waals surface area contributed by atoms with E-state index in [4.69, 9.17) is 14.4 Å². The van der Waals surface area contributed by atoms with Crippen LogP contribution in [0.1, 0.15) is 0 Å². The quantitative estimate of drug-likeness (QED) is 0.212. The van der Waals surface area contributed by atoms with E-state index in [9.17, 15) is 0 Å². The largest absolute Gasteiger partial charge is 0.456 e. The first kappa shape index (κ1) is 22.3. The number of nitrogens with zero attached hydrogens (tertiary/aromatic N) is 2. The molecule has 3 heterocycles. The van der Waals surface area contributed by atoms with Crippen molar-refractivity contribution in [2.24, 2.45) is 0 Å². The molecule has 0 aliphatic heterocycles. The summed E-state index contributed by atoms with van der Waals surface area (Å²) >= 11 is 0. The molecule has 0 unspecified atom stereocenters. The summed E-state index contributed by atoms with van der Waals surface area (Å²) in [6.45, 7) is 0. The molecule has 3 heteroatoms. The van der Waals surface area contributed by atoms with Crippen molar-refractivity contribution in [2.45, 2.75) is 0 Å². The minimum absolute atomic E-state index is 0.892. The van der Waals surface area contributed by atoms with Gasteiger partial charge in [-0.25, -0.2) is 9.97 Å². The number of rotatable bonds is 2. The minimum atomic E-state index is 0.892. The van der Waals surface area contributed by atoms with Crippen LogP contribution in [0.5, 0.6) is 0 Å². The lowest BCUT2D eigenvalue weighted by Gasteiger charge is -2.14. The van der Waals surface area contributed by atoms with Gasteiger partial charge < -0.3 is 4.42 Å². The topological polar surface area (TPSA) is 38.9 Å². The van der Waals surface area contributed by atoms with Crippen LogP contribution >= 0.6 is 0 Å². The molecule has 0 saturated carbocycles. The van der Waals surface area contributed by atoms with Gasteiger partial charge in [-0.2, -0.15) is 0 Å². The first-order valence-corrected chi connectivity index (χ1v) is 13.8. The van der Waals surface area contributed by atoms with Crippen molar-refractivity contribution in [1.82, 2.24) is 9.97 Å². The van der Waals surface area contributed by atoms with Crippen LogP contribution < -0.4 is 0 Å². The SMILES string of the molecule is c1ccc(-c2nc3ccc(-c4nc5ccccc5c5c4ccc4oc6ccccc6c45)cc3c3ccccc23)cc1. The standard InChI is InChI=1S/C38H22N2O/c1-2-10-23(11-3-1)37-26-13-5-4-12-25(26)30-22-24(18-20-32(30)40-37)38-29-19-21-34-36(28-15-7-9-17-33(28)41-34)35(29)27-14-6-8-16-31(27)39-38/h1-22H. The van der Waals surface area contributed by atoms with Gasteiger partial charge in [-0.3, -0.25) is 0 Å². The van der Waals surface area contributed by atoms with Crippen molar-refractivity contribution in [1.29, 1.82) is 0 Å². The van der Waals surface area contributed by atoms with E-state index in [0.717, 1.165) is 77.0 Å². The van der Waals surface area contributed by atoms with Gasteiger partial charge in [-0.15, -0.1) is 0 Å². The van der Waals surface area contributed by atoms with Gasteiger partial charge in [-0.1, -0.05) is 97.1 Å². The van der Waals surface area contributed by atoms with E-state index in [1.54, 1.807) is 0 Å². The van der Waals surface area contributed by atoms with E-state index in [-0.39, 0.29) is 0 Å². The second kappa shape index (κ2) is 8.48. The predicted octanol–water partition coefficient (Wildman–Crippen LogP) is 10.3. The van der Waals surface area contributed by atoms with Crippen LogP contribution in [-0.4, -0.2) is 9.97 Å². The van der Waals surface area contributed by atoms with Gasteiger partial charge in [0.1, 0.15) is 11.2 Å².